The summed E-state index contributed by atoms with van der Waals surface area (Å²) in [5, 5.41) is 9.45. The Kier molecular flexibility index (Phi) is 8.86. The molecule has 0 aromatic heterocycles. The molecule has 3 amide bonds. The number of hydrogen-bond donors (Lipinski definition) is 1. The number of carbonyl (C=O) groups excluding carboxylic acids is 3. The van der Waals surface area contributed by atoms with E-state index in [4.69, 9.17) is 4.74 Å². The number of hydrogen-bond acceptors (Lipinski definition) is 5. The third kappa shape index (κ3) is 5.25. The number of unbranched alkanes of at least 4 members (excludes halogenated alkanes) is 1. The molecule has 1 N–H and O–H groups in total. The Hall–Kier alpha value is -2.97. The maximum atomic E-state index is 14.5. The summed E-state index contributed by atoms with van der Waals surface area (Å²) in [6.45, 7) is 19.0. The minimum Gasteiger partial charge on any atom is -0.396 e. The molecule has 4 rings (SSSR count). The minimum atomic E-state index is -1.11. The van der Waals surface area contributed by atoms with Crippen molar-refractivity contribution >= 4 is 17.7 Å². The zero-order valence-electron chi connectivity index (χ0n) is 25.3. The molecule has 1 spiro atoms. The van der Waals surface area contributed by atoms with Gasteiger partial charge in [0.15, 0.2) is 0 Å². The maximum absolute atomic E-state index is 14.5. The molecule has 3 unspecified atom stereocenters. The standard InChI is InChI=1S/C33H47N3O5/c1-8-17-34(22-24-15-11-10-12-16-24)28(38)25-26-29(39)35(19-13-14-20-37)27(30(40)36(18-9-2)31(4,5)6)33(26)21-23(3)32(25,7)41-33/h8-12,15-16,23,25-27,37H,1-2,13-14,17-22H2,3-7H3/t23?,25-,26-,27?,32+,33?/m0/s1. The van der Waals surface area contributed by atoms with E-state index in [1.807, 2.05) is 58.0 Å². The van der Waals surface area contributed by atoms with Gasteiger partial charge in [-0.25, -0.2) is 0 Å². The van der Waals surface area contributed by atoms with E-state index in [2.05, 4.69) is 20.1 Å². The van der Waals surface area contributed by atoms with Crippen LogP contribution in [0.3, 0.4) is 0 Å². The number of amides is 3. The zero-order chi connectivity index (χ0) is 30.2. The lowest BCUT2D eigenvalue weighted by Crippen LogP contribution is -2.60. The van der Waals surface area contributed by atoms with Crippen molar-refractivity contribution in [1.29, 1.82) is 0 Å². The predicted octanol–water partition coefficient (Wildman–Crippen LogP) is 3.80. The van der Waals surface area contributed by atoms with Crippen LogP contribution in [0.15, 0.2) is 55.6 Å². The third-order valence-corrected chi connectivity index (χ3v) is 9.39. The van der Waals surface area contributed by atoms with E-state index in [1.165, 1.54) is 0 Å². The number of rotatable bonds is 12. The van der Waals surface area contributed by atoms with Gasteiger partial charge in [0.1, 0.15) is 11.6 Å². The fraction of sp³-hybridized carbons (Fsp3) is 0.606. The summed E-state index contributed by atoms with van der Waals surface area (Å²) in [7, 11) is 0. The van der Waals surface area contributed by atoms with E-state index in [0.29, 0.717) is 45.4 Å². The summed E-state index contributed by atoms with van der Waals surface area (Å²) in [6.07, 6.45) is 4.98. The second-order valence-corrected chi connectivity index (χ2v) is 13.1. The smallest absolute Gasteiger partial charge is 0.249 e. The van der Waals surface area contributed by atoms with Crippen molar-refractivity contribution in [2.45, 2.75) is 83.2 Å². The number of benzene rings is 1. The summed E-state index contributed by atoms with van der Waals surface area (Å²) in [4.78, 5) is 48.6. The summed E-state index contributed by atoms with van der Waals surface area (Å²) < 4.78 is 6.92. The van der Waals surface area contributed by atoms with Crippen molar-refractivity contribution in [3.05, 3.63) is 61.2 Å². The van der Waals surface area contributed by atoms with Crippen molar-refractivity contribution in [2.75, 3.05) is 26.2 Å². The monoisotopic (exact) mass is 565 g/mol. The molecule has 3 fully saturated rings. The number of nitrogens with zero attached hydrogens (tertiary/aromatic N) is 3. The molecule has 41 heavy (non-hydrogen) atoms. The van der Waals surface area contributed by atoms with Crippen LogP contribution >= 0.6 is 0 Å². The Morgan fingerprint density at radius 1 is 1.12 bits per heavy atom. The fourth-order valence-electron chi connectivity index (χ4n) is 7.39. The summed E-state index contributed by atoms with van der Waals surface area (Å²) >= 11 is 0. The first-order valence-electron chi connectivity index (χ1n) is 14.8. The van der Waals surface area contributed by atoms with E-state index in [-0.39, 0.29) is 30.2 Å². The van der Waals surface area contributed by atoms with Crippen LogP contribution in [0.2, 0.25) is 0 Å². The first-order chi connectivity index (χ1) is 19.4. The topological polar surface area (TPSA) is 90.4 Å². The number of aliphatic hydroxyl groups excluding tert-OH is 1. The van der Waals surface area contributed by atoms with Crippen LogP contribution in [0.5, 0.6) is 0 Å². The molecule has 0 radical (unpaired) electrons. The zero-order valence-corrected chi connectivity index (χ0v) is 25.3. The molecule has 0 aliphatic carbocycles. The van der Waals surface area contributed by atoms with Gasteiger partial charge in [-0.05, 0) is 58.4 Å². The largest absolute Gasteiger partial charge is 0.396 e. The van der Waals surface area contributed by atoms with Crippen LogP contribution in [-0.4, -0.2) is 86.6 Å². The van der Waals surface area contributed by atoms with E-state index in [1.54, 1.807) is 26.9 Å². The van der Waals surface area contributed by atoms with Gasteiger partial charge in [-0.2, -0.15) is 0 Å². The van der Waals surface area contributed by atoms with Crippen LogP contribution < -0.4 is 0 Å². The van der Waals surface area contributed by atoms with Crippen molar-refractivity contribution in [1.82, 2.24) is 14.7 Å². The molecule has 1 aromatic carbocycles. The number of fused-ring (bicyclic) bond motifs is 1. The minimum absolute atomic E-state index is 0.00249. The maximum Gasteiger partial charge on any atom is 0.249 e. The SMILES string of the molecule is C=CCN(Cc1ccccc1)C(=O)[C@@H]1[C@H]2C(=O)N(CCCCO)C(C(=O)N(CC=C)C(C)(C)C)C23CC(C)[C@@]1(C)O3. The second-order valence-electron chi connectivity index (χ2n) is 13.1. The molecule has 224 valence electrons. The van der Waals surface area contributed by atoms with E-state index in [9.17, 15) is 19.5 Å². The normalized spacial score (nSPS) is 30.3. The molecule has 3 aliphatic rings. The third-order valence-electron chi connectivity index (χ3n) is 9.39. The van der Waals surface area contributed by atoms with E-state index >= 15 is 0 Å². The highest BCUT2D eigenvalue weighted by molar-refractivity contribution is 5.99. The molecule has 3 aliphatic heterocycles. The molecule has 2 bridgehead atoms. The highest BCUT2D eigenvalue weighted by atomic mass is 16.5. The van der Waals surface area contributed by atoms with Crippen molar-refractivity contribution in [2.24, 2.45) is 17.8 Å². The van der Waals surface area contributed by atoms with Gasteiger partial charge in [-0.15, -0.1) is 13.2 Å². The highest BCUT2D eigenvalue weighted by Gasteiger charge is 2.80. The molecular formula is C33H47N3O5. The lowest BCUT2D eigenvalue weighted by atomic mass is 9.62. The number of aliphatic hydroxyl groups is 1. The number of likely N-dealkylation sites (tertiary alicyclic amines) is 1. The molecule has 1 aromatic rings. The van der Waals surface area contributed by atoms with Gasteiger partial charge in [-0.3, -0.25) is 14.4 Å². The highest BCUT2D eigenvalue weighted by Crippen LogP contribution is 2.65. The first-order valence-corrected chi connectivity index (χ1v) is 14.8. The molecule has 6 atom stereocenters. The lowest BCUT2D eigenvalue weighted by molar-refractivity contribution is -0.157. The Morgan fingerprint density at radius 3 is 2.37 bits per heavy atom. The van der Waals surface area contributed by atoms with Gasteiger partial charge in [-0.1, -0.05) is 49.4 Å². The van der Waals surface area contributed by atoms with Gasteiger partial charge < -0.3 is 24.5 Å². The Balaban J connectivity index is 1.79. The van der Waals surface area contributed by atoms with E-state index in [0.717, 1.165) is 5.56 Å². The van der Waals surface area contributed by atoms with Gasteiger partial charge in [0.25, 0.3) is 0 Å². The molecular weight excluding hydrogens is 518 g/mol. The molecule has 0 saturated carbocycles. The predicted molar refractivity (Wildman–Crippen MR) is 159 cm³/mol. The quantitative estimate of drug-likeness (QED) is 0.308. The van der Waals surface area contributed by atoms with Crippen LogP contribution in [0.1, 0.15) is 59.4 Å². The fourth-order valence-corrected chi connectivity index (χ4v) is 7.39. The molecule has 8 heteroatoms. The van der Waals surface area contributed by atoms with Crippen LogP contribution in [0.25, 0.3) is 0 Å². The molecule has 3 heterocycles. The molecule has 3 saturated heterocycles. The van der Waals surface area contributed by atoms with Gasteiger partial charge in [0.05, 0.1) is 17.4 Å². The Morgan fingerprint density at radius 2 is 1.78 bits per heavy atom. The summed E-state index contributed by atoms with van der Waals surface area (Å²) in [6, 6.07) is 8.91. The molecule has 8 nitrogen and oxygen atoms in total. The Bertz CT molecular complexity index is 1160. The van der Waals surface area contributed by atoms with E-state index < -0.39 is 34.6 Å². The number of ether oxygens (including phenoxy) is 1. The Labute approximate surface area is 245 Å². The van der Waals surface area contributed by atoms with Crippen molar-refractivity contribution < 1.29 is 24.2 Å². The van der Waals surface area contributed by atoms with Crippen LogP contribution in [-0.2, 0) is 25.7 Å². The average Bonchev–Trinajstić information content (AvgIpc) is 3.43. The van der Waals surface area contributed by atoms with Crippen molar-refractivity contribution in [3.8, 4) is 0 Å². The van der Waals surface area contributed by atoms with Crippen LogP contribution in [0.4, 0.5) is 0 Å². The average molecular weight is 566 g/mol. The van der Waals surface area contributed by atoms with Gasteiger partial charge in [0, 0.05) is 38.3 Å². The van der Waals surface area contributed by atoms with Crippen LogP contribution in [0, 0.1) is 17.8 Å². The lowest BCUT2D eigenvalue weighted by Gasteiger charge is -2.42. The number of carbonyl (C=O) groups is 3. The van der Waals surface area contributed by atoms with Gasteiger partial charge in [0.2, 0.25) is 17.7 Å². The van der Waals surface area contributed by atoms with Crippen molar-refractivity contribution in [3.63, 3.8) is 0 Å². The van der Waals surface area contributed by atoms with Gasteiger partial charge >= 0.3 is 0 Å². The second kappa shape index (κ2) is 11.7. The first kappa shape index (κ1) is 31.0. The summed E-state index contributed by atoms with van der Waals surface area (Å²) in [5.41, 5.74) is -1.54. The summed E-state index contributed by atoms with van der Waals surface area (Å²) in [5.74, 6) is -2.09.